The van der Waals surface area contributed by atoms with Crippen molar-refractivity contribution in [2.75, 3.05) is 26.2 Å². The number of carbonyl (C=O) groups is 2. The summed E-state index contributed by atoms with van der Waals surface area (Å²) in [5.41, 5.74) is 3.44. The van der Waals surface area contributed by atoms with Crippen molar-refractivity contribution in [1.82, 2.24) is 14.2 Å². The number of pyridine rings is 1. The second-order valence-corrected chi connectivity index (χ2v) is 11.3. The summed E-state index contributed by atoms with van der Waals surface area (Å²) in [5.74, 6) is -0.466. The van der Waals surface area contributed by atoms with E-state index in [9.17, 15) is 18.0 Å². The van der Waals surface area contributed by atoms with E-state index in [1.165, 1.54) is 22.2 Å². The number of aromatic nitrogens is 1. The first-order chi connectivity index (χ1) is 15.4. The molecule has 180 valence electrons. The first kappa shape index (κ1) is 25.1. The smallest absolute Gasteiger partial charge is 0.410 e. The third-order valence-electron chi connectivity index (χ3n) is 5.73. The molecule has 0 aliphatic carbocycles. The summed E-state index contributed by atoms with van der Waals surface area (Å²) in [5, 5.41) is 1.53. The molecule has 1 aromatic carbocycles. The van der Waals surface area contributed by atoms with Crippen LogP contribution in [-0.4, -0.2) is 71.8 Å². The van der Waals surface area contributed by atoms with Gasteiger partial charge in [-0.3, -0.25) is 9.78 Å². The van der Waals surface area contributed by atoms with Crippen LogP contribution in [0.15, 0.2) is 41.6 Å². The van der Waals surface area contributed by atoms with Gasteiger partial charge in [0.25, 0.3) is 0 Å². The largest absolute Gasteiger partial charge is 0.444 e. The first-order valence-corrected chi connectivity index (χ1v) is 12.4. The molecule has 1 aliphatic heterocycles. The summed E-state index contributed by atoms with van der Waals surface area (Å²) >= 11 is 0. The lowest BCUT2D eigenvalue weighted by atomic mass is 9.94. The standard InChI is InChI=1S/C23H32N4O5S/c1-22(2,3)32-21(29)26-11-5-6-12-27(23(4,16-26)20(28)14-24)33(30,31)19-8-7-18-15-25-10-9-17(18)13-19/h7-10,13,15H,5-6,11-12,14,16,24H2,1-4H3/t23-/m1/s1. The summed E-state index contributed by atoms with van der Waals surface area (Å²) < 4.78 is 34.3. The number of nitrogens with zero attached hydrogens (tertiary/aromatic N) is 3. The van der Waals surface area contributed by atoms with Crippen LogP contribution < -0.4 is 5.73 Å². The minimum Gasteiger partial charge on any atom is -0.444 e. The molecule has 1 fully saturated rings. The molecular weight excluding hydrogens is 444 g/mol. The Bertz CT molecular complexity index is 1140. The summed E-state index contributed by atoms with van der Waals surface area (Å²) in [6.07, 6.45) is 3.71. The number of ether oxygens (including phenoxy) is 1. The van der Waals surface area contributed by atoms with E-state index in [2.05, 4.69) is 4.98 Å². The van der Waals surface area contributed by atoms with Crippen LogP contribution in [0.25, 0.3) is 10.8 Å². The van der Waals surface area contributed by atoms with Gasteiger partial charge in [-0.1, -0.05) is 6.07 Å². The number of amides is 1. The predicted molar refractivity (Wildman–Crippen MR) is 125 cm³/mol. The minimum atomic E-state index is -4.08. The summed E-state index contributed by atoms with van der Waals surface area (Å²) in [6, 6.07) is 6.51. The van der Waals surface area contributed by atoms with E-state index < -0.39 is 33.0 Å². The second-order valence-electron chi connectivity index (χ2n) is 9.47. The quantitative estimate of drug-likeness (QED) is 0.719. The number of sulfonamides is 1. The maximum Gasteiger partial charge on any atom is 0.410 e. The van der Waals surface area contributed by atoms with Crippen molar-refractivity contribution >= 4 is 32.7 Å². The normalized spacial score (nSPS) is 20.8. The van der Waals surface area contributed by atoms with Crippen molar-refractivity contribution in [3.8, 4) is 0 Å². The third-order valence-corrected chi connectivity index (χ3v) is 7.74. The summed E-state index contributed by atoms with van der Waals surface area (Å²) in [6.45, 7) is 6.80. The van der Waals surface area contributed by atoms with Crippen LogP contribution in [-0.2, 0) is 19.6 Å². The Morgan fingerprint density at radius 1 is 1.15 bits per heavy atom. The molecule has 10 heteroatoms. The van der Waals surface area contributed by atoms with Crippen LogP contribution >= 0.6 is 0 Å². The van der Waals surface area contributed by atoms with E-state index in [1.54, 1.807) is 51.4 Å². The van der Waals surface area contributed by atoms with Crippen molar-refractivity contribution in [3.05, 3.63) is 36.7 Å². The Balaban J connectivity index is 2.05. The van der Waals surface area contributed by atoms with Gasteiger partial charge in [0.1, 0.15) is 11.1 Å². The van der Waals surface area contributed by atoms with E-state index in [0.29, 0.717) is 19.4 Å². The van der Waals surface area contributed by atoms with Gasteiger partial charge in [0.2, 0.25) is 10.0 Å². The highest BCUT2D eigenvalue weighted by molar-refractivity contribution is 7.89. The molecule has 9 nitrogen and oxygen atoms in total. The van der Waals surface area contributed by atoms with Crippen LogP contribution in [0.5, 0.6) is 0 Å². The molecule has 2 aromatic rings. The Labute approximate surface area is 194 Å². The van der Waals surface area contributed by atoms with Gasteiger partial charge in [-0.2, -0.15) is 4.31 Å². The third kappa shape index (κ3) is 5.34. The van der Waals surface area contributed by atoms with Crippen molar-refractivity contribution in [2.24, 2.45) is 5.73 Å². The van der Waals surface area contributed by atoms with Gasteiger partial charge in [-0.25, -0.2) is 13.2 Å². The van der Waals surface area contributed by atoms with Gasteiger partial charge in [0.05, 0.1) is 18.0 Å². The SMILES string of the molecule is CC(C)(C)OC(=O)N1CCCCN(S(=O)(=O)c2ccc3cnccc3c2)[C@@](C)(C(=O)CN)C1. The lowest BCUT2D eigenvalue weighted by molar-refractivity contribution is -0.127. The van der Waals surface area contributed by atoms with E-state index >= 15 is 0 Å². The van der Waals surface area contributed by atoms with Gasteiger partial charge in [-0.15, -0.1) is 0 Å². The Morgan fingerprint density at radius 3 is 2.52 bits per heavy atom. The zero-order valence-corrected chi connectivity index (χ0v) is 20.4. The summed E-state index contributed by atoms with van der Waals surface area (Å²) in [7, 11) is -4.08. The van der Waals surface area contributed by atoms with E-state index in [-0.39, 0.29) is 24.5 Å². The Kier molecular flexibility index (Phi) is 7.11. The van der Waals surface area contributed by atoms with Gasteiger partial charge in [0, 0.05) is 30.9 Å². The number of Topliss-reactive ketones (excluding diaryl/α,β-unsaturated/α-hetero) is 1. The number of hydrogen-bond acceptors (Lipinski definition) is 7. The zero-order chi connectivity index (χ0) is 24.4. The highest BCUT2D eigenvalue weighted by Crippen LogP contribution is 2.31. The molecule has 1 atom stereocenters. The monoisotopic (exact) mass is 476 g/mol. The number of fused-ring (bicyclic) bond motifs is 1. The molecule has 2 heterocycles. The van der Waals surface area contributed by atoms with Crippen molar-refractivity contribution in [2.45, 2.75) is 56.6 Å². The first-order valence-electron chi connectivity index (χ1n) is 11.0. The number of ketones is 1. The maximum absolute atomic E-state index is 13.8. The fourth-order valence-electron chi connectivity index (χ4n) is 4.00. The highest BCUT2D eigenvalue weighted by atomic mass is 32.2. The van der Waals surface area contributed by atoms with Crippen LogP contribution in [0, 0.1) is 0 Å². The van der Waals surface area contributed by atoms with E-state index in [0.717, 1.165) is 10.8 Å². The van der Waals surface area contributed by atoms with Crippen molar-refractivity contribution in [3.63, 3.8) is 0 Å². The topological polar surface area (TPSA) is 123 Å². The predicted octanol–water partition coefficient (Wildman–Crippen LogP) is 2.54. The molecule has 0 radical (unpaired) electrons. The van der Waals surface area contributed by atoms with Crippen LogP contribution in [0.4, 0.5) is 4.79 Å². The second kappa shape index (κ2) is 9.36. The molecule has 1 aromatic heterocycles. The number of hydrogen-bond donors (Lipinski definition) is 1. The van der Waals surface area contributed by atoms with Gasteiger partial charge in [-0.05, 0) is 64.1 Å². The summed E-state index contributed by atoms with van der Waals surface area (Å²) in [4.78, 5) is 31.5. The Hall–Kier alpha value is -2.56. The minimum absolute atomic E-state index is 0.0710. The molecule has 1 aliphatic rings. The van der Waals surface area contributed by atoms with Gasteiger partial charge >= 0.3 is 6.09 Å². The number of carbonyl (C=O) groups excluding carboxylic acids is 2. The zero-order valence-electron chi connectivity index (χ0n) is 19.6. The molecule has 0 spiro atoms. The van der Waals surface area contributed by atoms with E-state index in [1.807, 2.05) is 0 Å². The van der Waals surface area contributed by atoms with Crippen molar-refractivity contribution < 1.29 is 22.7 Å². The number of rotatable bonds is 4. The molecule has 1 amide bonds. The molecule has 3 rings (SSSR count). The lowest BCUT2D eigenvalue weighted by Crippen LogP contribution is -2.64. The average Bonchev–Trinajstić information content (AvgIpc) is 2.73. The molecular formula is C23H32N4O5S. The molecule has 0 saturated carbocycles. The van der Waals surface area contributed by atoms with Gasteiger partial charge in [0.15, 0.2) is 5.78 Å². The fraction of sp³-hybridized carbons (Fsp3) is 0.522. The van der Waals surface area contributed by atoms with E-state index in [4.69, 9.17) is 10.5 Å². The van der Waals surface area contributed by atoms with Gasteiger partial charge < -0.3 is 15.4 Å². The highest BCUT2D eigenvalue weighted by Gasteiger charge is 2.48. The van der Waals surface area contributed by atoms with Crippen LogP contribution in [0.1, 0.15) is 40.5 Å². The van der Waals surface area contributed by atoms with Crippen molar-refractivity contribution in [1.29, 1.82) is 0 Å². The average molecular weight is 477 g/mol. The molecule has 0 bridgehead atoms. The molecule has 2 N–H and O–H groups in total. The molecule has 0 unspecified atom stereocenters. The van der Waals surface area contributed by atoms with Crippen LogP contribution in [0.3, 0.4) is 0 Å². The molecule has 1 saturated heterocycles. The fourth-order valence-corrected chi connectivity index (χ4v) is 5.83. The molecule has 33 heavy (non-hydrogen) atoms. The lowest BCUT2D eigenvalue weighted by Gasteiger charge is -2.43. The van der Waals surface area contributed by atoms with Crippen LogP contribution in [0.2, 0.25) is 0 Å². The maximum atomic E-state index is 13.8. The number of nitrogens with two attached hydrogens (primary N) is 1. The number of benzene rings is 1. The Morgan fingerprint density at radius 2 is 1.85 bits per heavy atom.